The molecule has 25 heavy (non-hydrogen) atoms. The summed E-state index contributed by atoms with van der Waals surface area (Å²) in [6, 6.07) is 16.2. The lowest BCUT2D eigenvalue weighted by molar-refractivity contribution is 0.580. The van der Waals surface area contributed by atoms with E-state index in [4.69, 9.17) is 0 Å². The van der Waals surface area contributed by atoms with Gasteiger partial charge in [0, 0.05) is 18.3 Å². The van der Waals surface area contributed by atoms with E-state index in [0.717, 1.165) is 34.5 Å². The van der Waals surface area contributed by atoms with Gasteiger partial charge in [-0.3, -0.25) is 4.98 Å². The number of nitrogens with one attached hydrogen (secondary N) is 1. The van der Waals surface area contributed by atoms with Crippen LogP contribution in [0.2, 0.25) is 0 Å². The Morgan fingerprint density at radius 2 is 1.80 bits per heavy atom. The Hall–Kier alpha value is -2.57. The second-order valence-corrected chi connectivity index (χ2v) is 7.43. The number of sulfonamides is 1. The van der Waals surface area contributed by atoms with Crippen molar-refractivity contribution in [2.24, 2.45) is 0 Å². The number of benzene rings is 2. The van der Waals surface area contributed by atoms with Crippen LogP contribution in [-0.4, -0.2) is 13.4 Å². The molecule has 2 aromatic carbocycles. The van der Waals surface area contributed by atoms with E-state index in [9.17, 15) is 12.8 Å². The minimum absolute atomic E-state index is 0.0231. The van der Waals surface area contributed by atoms with Crippen LogP contribution in [0.4, 0.5) is 4.39 Å². The highest BCUT2D eigenvalue weighted by Gasteiger charge is 2.15. The van der Waals surface area contributed by atoms with E-state index >= 15 is 0 Å². The fourth-order valence-electron chi connectivity index (χ4n) is 2.50. The van der Waals surface area contributed by atoms with Gasteiger partial charge in [0.1, 0.15) is 5.82 Å². The summed E-state index contributed by atoms with van der Waals surface area (Å²) in [5, 5.41) is 0. The Bertz CT molecular complexity index is 986. The van der Waals surface area contributed by atoms with Crippen molar-refractivity contribution in [3.63, 3.8) is 0 Å². The maximum Gasteiger partial charge on any atom is 0.240 e. The van der Waals surface area contributed by atoms with Crippen LogP contribution in [0.5, 0.6) is 0 Å². The highest BCUT2D eigenvalue weighted by Crippen LogP contribution is 2.22. The van der Waals surface area contributed by atoms with Crippen molar-refractivity contribution in [1.29, 1.82) is 0 Å². The zero-order valence-corrected chi connectivity index (χ0v) is 14.4. The van der Waals surface area contributed by atoms with Crippen LogP contribution in [-0.2, 0) is 16.6 Å². The summed E-state index contributed by atoms with van der Waals surface area (Å²) in [6.45, 7) is 2.08. The molecule has 0 saturated carbocycles. The topological polar surface area (TPSA) is 59.1 Å². The molecule has 0 aliphatic heterocycles. The first-order valence-electron chi connectivity index (χ1n) is 7.72. The molecule has 4 nitrogen and oxygen atoms in total. The zero-order valence-electron chi connectivity index (χ0n) is 13.6. The molecule has 128 valence electrons. The zero-order chi connectivity index (χ0) is 17.9. The van der Waals surface area contributed by atoms with Crippen LogP contribution in [0.3, 0.4) is 0 Å². The Kier molecular flexibility index (Phi) is 4.92. The maximum absolute atomic E-state index is 13.0. The fraction of sp³-hybridized carbons (Fsp3) is 0.105. The number of hydrogen-bond donors (Lipinski definition) is 1. The Morgan fingerprint density at radius 3 is 2.52 bits per heavy atom. The third-order valence-corrected chi connectivity index (χ3v) is 5.18. The minimum Gasteiger partial charge on any atom is -0.256 e. The van der Waals surface area contributed by atoms with E-state index in [0.29, 0.717) is 0 Å². The lowest BCUT2D eigenvalue weighted by atomic mass is 10.0. The van der Waals surface area contributed by atoms with Gasteiger partial charge >= 0.3 is 0 Å². The third kappa shape index (κ3) is 4.10. The fourth-order valence-corrected chi connectivity index (χ4v) is 3.51. The van der Waals surface area contributed by atoms with Gasteiger partial charge in [-0.1, -0.05) is 29.8 Å². The molecule has 0 fully saturated rings. The summed E-state index contributed by atoms with van der Waals surface area (Å²) in [7, 11) is -3.73. The van der Waals surface area contributed by atoms with Gasteiger partial charge in [-0.2, -0.15) is 0 Å². The van der Waals surface area contributed by atoms with Gasteiger partial charge < -0.3 is 0 Å². The monoisotopic (exact) mass is 356 g/mol. The standard InChI is InChI=1S/C19H17FN2O2S/c1-14-4-2-5-15(12-14)19-16(6-3-11-21-19)13-22-25(23,24)18-9-7-17(20)8-10-18/h2-12,22H,13H2,1H3. The molecule has 1 heterocycles. The predicted molar refractivity (Wildman–Crippen MR) is 94.8 cm³/mol. The molecule has 1 aromatic heterocycles. The average molecular weight is 356 g/mol. The lowest BCUT2D eigenvalue weighted by Gasteiger charge is -2.11. The van der Waals surface area contributed by atoms with Crippen molar-refractivity contribution < 1.29 is 12.8 Å². The molecule has 0 saturated heterocycles. The quantitative estimate of drug-likeness (QED) is 0.759. The molecular formula is C19H17FN2O2S. The van der Waals surface area contributed by atoms with Crippen molar-refractivity contribution in [2.75, 3.05) is 0 Å². The van der Waals surface area contributed by atoms with Crippen LogP contribution < -0.4 is 4.72 Å². The maximum atomic E-state index is 13.0. The Balaban J connectivity index is 1.86. The van der Waals surface area contributed by atoms with Gasteiger partial charge in [0.15, 0.2) is 0 Å². The second kappa shape index (κ2) is 7.13. The van der Waals surface area contributed by atoms with Crippen molar-refractivity contribution in [3.05, 3.63) is 83.8 Å². The molecule has 0 bridgehead atoms. The number of aryl methyl sites for hydroxylation is 1. The van der Waals surface area contributed by atoms with E-state index in [1.54, 1.807) is 12.3 Å². The van der Waals surface area contributed by atoms with E-state index in [2.05, 4.69) is 9.71 Å². The smallest absolute Gasteiger partial charge is 0.240 e. The van der Waals surface area contributed by atoms with E-state index in [1.165, 1.54) is 12.1 Å². The third-order valence-electron chi connectivity index (χ3n) is 3.76. The SMILES string of the molecule is Cc1cccc(-c2ncccc2CNS(=O)(=O)c2ccc(F)cc2)c1. The molecule has 3 aromatic rings. The molecule has 0 spiro atoms. The molecule has 1 N–H and O–H groups in total. The van der Waals surface area contributed by atoms with Gasteiger partial charge in [0.2, 0.25) is 10.0 Å². The lowest BCUT2D eigenvalue weighted by Crippen LogP contribution is -2.23. The first-order valence-corrected chi connectivity index (χ1v) is 9.20. The van der Waals surface area contributed by atoms with Gasteiger partial charge in [0.05, 0.1) is 10.6 Å². The van der Waals surface area contributed by atoms with Crippen LogP contribution in [0.15, 0.2) is 71.8 Å². The summed E-state index contributed by atoms with van der Waals surface area (Å²) in [4.78, 5) is 4.41. The summed E-state index contributed by atoms with van der Waals surface area (Å²) >= 11 is 0. The van der Waals surface area contributed by atoms with E-state index < -0.39 is 15.8 Å². The molecular weight excluding hydrogens is 339 g/mol. The van der Waals surface area contributed by atoms with Gasteiger partial charge in [-0.25, -0.2) is 17.5 Å². The van der Waals surface area contributed by atoms with Gasteiger partial charge in [0.25, 0.3) is 0 Å². The minimum atomic E-state index is -3.73. The molecule has 0 amide bonds. The van der Waals surface area contributed by atoms with Gasteiger partial charge in [-0.15, -0.1) is 0 Å². The first-order chi connectivity index (χ1) is 12.0. The predicted octanol–water partition coefficient (Wildman–Crippen LogP) is 3.67. The Morgan fingerprint density at radius 1 is 1.04 bits per heavy atom. The normalized spacial score (nSPS) is 11.4. The van der Waals surface area contributed by atoms with E-state index in [1.807, 2.05) is 37.3 Å². The summed E-state index contributed by atoms with van der Waals surface area (Å²) in [5.41, 5.74) is 3.52. The number of hydrogen-bond acceptors (Lipinski definition) is 3. The van der Waals surface area contributed by atoms with Crippen LogP contribution >= 0.6 is 0 Å². The molecule has 0 unspecified atom stereocenters. The van der Waals surface area contributed by atoms with Crippen molar-refractivity contribution in [1.82, 2.24) is 9.71 Å². The van der Waals surface area contributed by atoms with Crippen molar-refractivity contribution in [3.8, 4) is 11.3 Å². The molecule has 6 heteroatoms. The Labute approximate surface area is 146 Å². The van der Waals surface area contributed by atoms with Gasteiger partial charge in [-0.05, 0) is 48.9 Å². The average Bonchev–Trinajstić information content (AvgIpc) is 2.61. The first kappa shape index (κ1) is 17.3. The number of nitrogens with zero attached hydrogens (tertiary/aromatic N) is 1. The van der Waals surface area contributed by atoms with Crippen LogP contribution in [0.25, 0.3) is 11.3 Å². The summed E-state index contributed by atoms with van der Waals surface area (Å²) in [5.74, 6) is -0.479. The van der Waals surface area contributed by atoms with Crippen molar-refractivity contribution >= 4 is 10.0 Å². The highest BCUT2D eigenvalue weighted by molar-refractivity contribution is 7.89. The van der Waals surface area contributed by atoms with Crippen LogP contribution in [0.1, 0.15) is 11.1 Å². The summed E-state index contributed by atoms with van der Waals surface area (Å²) < 4.78 is 40.3. The molecule has 0 aliphatic rings. The molecule has 0 aliphatic carbocycles. The molecule has 0 radical (unpaired) electrons. The summed E-state index contributed by atoms with van der Waals surface area (Å²) in [6.07, 6.45) is 1.68. The largest absolute Gasteiger partial charge is 0.256 e. The highest BCUT2D eigenvalue weighted by atomic mass is 32.2. The number of pyridine rings is 1. The molecule has 3 rings (SSSR count). The number of aromatic nitrogens is 1. The van der Waals surface area contributed by atoms with Crippen LogP contribution in [0, 0.1) is 12.7 Å². The second-order valence-electron chi connectivity index (χ2n) is 5.66. The molecule has 0 atom stereocenters. The van der Waals surface area contributed by atoms with Crippen molar-refractivity contribution in [2.45, 2.75) is 18.4 Å². The number of rotatable bonds is 5. The number of halogens is 1. The van der Waals surface area contributed by atoms with E-state index in [-0.39, 0.29) is 11.4 Å².